The van der Waals surface area contributed by atoms with Gasteiger partial charge >= 0.3 is 6.18 Å². The number of benzene rings is 1. The molecule has 0 radical (unpaired) electrons. The number of aliphatic imine (C=N–C) groups is 1. The number of nitrogens with one attached hydrogen (secondary N) is 2. The summed E-state index contributed by atoms with van der Waals surface area (Å²) in [4.78, 5) is 4.27. The number of nitrogens with zero attached hydrogens (tertiary/aromatic N) is 1. The molecule has 1 aliphatic heterocycles. The van der Waals surface area contributed by atoms with Crippen LogP contribution in [-0.2, 0) is 6.54 Å². The van der Waals surface area contributed by atoms with Gasteiger partial charge in [-0.3, -0.25) is 0 Å². The minimum atomic E-state index is -4.20. The van der Waals surface area contributed by atoms with Gasteiger partial charge in [-0.15, -0.1) is 24.0 Å². The first-order chi connectivity index (χ1) is 11.4. The van der Waals surface area contributed by atoms with Crippen molar-refractivity contribution in [2.24, 2.45) is 4.99 Å². The van der Waals surface area contributed by atoms with Gasteiger partial charge in [0.2, 0.25) is 0 Å². The third kappa shape index (κ3) is 7.35. The fourth-order valence-corrected chi connectivity index (χ4v) is 2.38. The van der Waals surface area contributed by atoms with Crippen molar-refractivity contribution in [2.45, 2.75) is 26.1 Å². The fraction of sp³-hybridized carbons (Fsp3) is 0.533. The van der Waals surface area contributed by atoms with E-state index in [1.54, 1.807) is 12.1 Å². The first-order valence-electron chi connectivity index (χ1n) is 7.56. The van der Waals surface area contributed by atoms with Crippen molar-refractivity contribution >= 4 is 41.5 Å². The Bertz CT molecular complexity index is 600. The van der Waals surface area contributed by atoms with Crippen molar-refractivity contribution in [2.75, 3.05) is 26.3 Å². The summed E-state index contributed by atoms with van der Waals surface area (Å²) in [6.07, 6.45) is -5.12. The molecule has 5 nitrogen and oxygen atoms in total. The summed E-state index contributed by atoms with van der Waals surface area (Å²) in [6.45, 7) is 3.27. The molecule has 0 aliphatic carbocycles. The average molecular weight is 494 g/mol. The van der Waals surface area contributed by atoms with Gasteiger partial charge in [0.25, 0.3) is 0 Å². The molecule has 2 N–H and O–H groups in total. The highest BCUT2D eigenvalue weighted by Crippen LogP contribution is 2.38. The molecule has 0 aromatic heterocycles. The van der Waals surface area contributed by atoms with E-state index in [4.69, 9.17) is 21.1 Å². The Morgan fingerprint density at radius 2 is 1.96 bits per heavy atom. The summed E-state index contributed by atoms with van der Waals surface area (Å²) in [7, 11) is 0. The summed E-state index contributed by atoms with van der Waals surface area (Å²) in [5.74, 6) is 1.37. The predicted molar refractivity (Wildman–Crippen MR) is 101 cm³/mol. The lowest BCUT2D eigenvalue weighted by Gasteiger charge is -2.20. The molecule has 0 atom stereocenters. The lowest BCUT2D eigenvalue weighted by molar-refractivity contribution is -0.132. The highest BCUT2D eigenvalue weighted by molar-refractivity contribution is 14.0. The molecule has 25 heavy (non-hydrogen) atoms. The van der Waals surface area contributed by atoms with E-state index in [9.17, 15) is 13.2 Å². The average Bonchev–Trinajstić information content (AvgIpc) is 2.51. The van der Waals surface area contributed by atoms with E-state index in [1.807, 2.05) is 6.92 Å². The summed E-state index contributed by atoms with van der Waals surface area (Å²) < 4.78 is 47.5. The van der Waals surface area contributed by atoms with Crippen LogP contribution in [0.25, 0.3) is 0 Å². The molecule has 1 aromatic carbocycles. The standard InChI is InChI=1S/C15H19ClF3N3O2.HI/c1-2-20-14(21-4-3-15(17,18)19)22-9-10-7-11(16)13-12(8-10)23-5-6-24-13;/h7-8H,2-6,9H2,1H3,(H2,20,21,22);1H. The van der Waals surface area contributed by atoms with Gasteiger partial charge in [0, 0.05) is 13.1 Å². The van der Waals surface area contributed by atoms with Gasteiger partial charge in [-0.1, -0.05) is 11.6 Å². The topological polar surface area (TPSA) is 54.9 Å². The van der Waals surface area contributed by atoms with Crippen LogP contribution in [0.3, 0.4) is 0 Å². The predicted octanol–water partition coefficient (Wildman–Crippen LogP) is 3.74. The summed E-state index contributed by atoms with van der Waals surface area (Å²) in [5, 5.41) is 5.98. The summed E-state index contributed by atoms with van der Waals surface area (Å²) in [5.41, 5.74) is 0.775. The third-order valence-corrected chi connectivity index (χ3v) is 3.40. The van der Waals surface area contributed by atoms with Gasteiger partial charge in [-0.05, 0) is 24.6 Å². The number of guanidine groups is 1. The number of alkyl halides is 3. The first kappa shape index (κ1) is 21.9. The lowest BCUT2D eigenvalue weighted by Crippen LogP contribution is -2.38. The van der Waals surface area contributed by atoms with Crippen LogP contribution in [0.15, 0.2) is 17.1 Å². The van der Waals surface area contributed by atoms with Crippen molar-refractivity contribution in [3.05, 3.63) is 22.7 Å². The second kappa shape index (κ2) is 10.1. The number of fused-ring (bicyclic) bond motifs is 1. The smallest absolute Gasteiger partial charge is 0.390 e. The Morgan fingerprint density at radius 3 is 2.64 bits per heavy atom. The Hall–Kier alpha value is -1.10. The van der Waals surface area contributed by atoms with Crippen LogP contribution in [-0.4, -0.2) is 38.4 Å². The fourth-order valence-electron chi connectivity index (χ4n) is 2.09. The van der Waals surface area contributed by atoms with Crippen LogP contribution < -0.4 is 20.1 Å². The van der Waals surface area contributed by atoms with Crippen molar-refractivity contribution in [1.82, 2.24) is 10.6 Å². The second-order valence-corrected chi connectivity index (χ2v) is 5.50. The highest BCUT2D eigenvalue weighted by atomic mass is 127. The van der Waals surface area contributed by atoms with Crippen LogP contribution >= 0.6 is 35.6 Å². The maximum absolute atomic E-state index is 12.2. The molecular weight excluding hydrogens is 474 g/mol. The van der Waals surface area contributed by atoms with Crippen LogP contribution in [0, 0.1) is 0 Å². The second-order valence-electron chi connectivity index (χ2n) is 5.09. The molecular formula is C15H20ClF3IN3O2. The Labute approximate surface area is 166 Å². The Balaban J connectivity index is 0.00000312. The summed E-state index contributed by atoms with van der Waals surface area (Å²) >= 11 is 6.15. The first-order valence-corrected chi connectivity index (χ1v) is 7.94. The van der Waals surface area contributed by atoms with E-state index in [0.717, 1.165) is 5.56 Å². The quantitative estimate of drug-likeness (QED) is 0.373. The van der Waals surface area contributed by atoms with Crippen LogP contribution in [0.5, 0.6) is 11.5 Å². The van der Waals surface area contributed by atoms with Gasteiger partial charge in [-0.2, -0.15) is 13.2 Å². The maximum atomic E-state index is 12.2. The lowest BCUT2D eigenvalue weighted by atomic mass is 10.2. The molecule has 0 fully saturated rings. The molecule has 0 saturated heterocycles. The van der Waals surface area contributed by atoms with Gasteiger partial charge in [-0.25, -0.2) is 4.99 Å². The van der Waals surface area contributed by atoms with E-state index >= 15 is 0 Å². The monoisotopic (exact) mass is 493 g/mol. The molecule has 2 rings (SSSR count). The van der Waals surface area contributed by atoms with Crippen LogP contribution in [0.4, 0.5) is 13.2 Å². The number of halogens is 5. The van der Waals surface area contributed by atoms with Crippen molar-refractivity contribution < 1.29 is 22.6 Å². The summed E-state index contributed by atoms with van der Waals surface area (Å²) in [6, 6.07) is 3.47. The molecule has 0 saturated carbocycles. The van der Waals surface area contributed by atoms with Crippen LogP contribution in [0.1, 0.15) is 18.9 Å². The molecule has 0 unspecified atom stereocenters. The van der Waals surface area contributed by atoms with Crippen molar-refractivity contribution in [3.63, 3.8) is 0 Å². The number of ether oxygens (including phenoxy) is 2. The molecule has 10 heteroatoms. The molecule has 0 spiro atoms. The normalized spacial score (nSPS) is 13.9. The van der Waals surface area contributed by atoms with Crippen molar-refractivity contribution in [1.29, 1.82) is 0 Å². The minimum absolute atomic E-state index is 0. The van der Waals surface area contributed by atoms with E-state index in [2.05, 4.69) is 15.6 Å². The van der Waals surface area contributed by atoms with E-state index in [-0.39, 0.29) is 37.1 Å². The largest absolute Gasteiger partial charge is 0.486 e. The molecule has 1 aliphatic rings. The van der Waals surface area contributed by atoms with Gasteiger partial charge < -0.3 is 20.1 Å². The Kier molecular flexibility index (Phi) is 8.91. The van der Waals surface area contributed by atoms with E-state index < -0.39 is 12.6 Å². The van der Waals surface area contributed by atoms with Gasteiger partial charge in [0.05, 0.1) is 18.0 Å². The molecule has 1 heterocycles. The minimum Gasteiger partial charge on any atom is -0.486 e. The van der Waals surface area contributed by atoms with Gasteiger partial charge in [0.15, 0.2) is 17.5 Å². The zero-order valence-corrected chi connectivity index (χ0v) is 16.7. The SMILES string of the molecule is CCNC(=NCc1cc(Cl)c2c(c1)OCCO2)NCCC(F)(F)F.I. The van der Waals surface area contributed by atoms with Gasteiger partial charge in [0.1, 0.15) is 13.2 Å². The zero-order chi connectivity index (χ0) is 17.6. The highest BCUT2D eigenvalue weighted by Gasteiger charge is 2.26. The van der Waals surface area contributed by atoms with E-state index in [0.29, 0.717) is 42.2 Å². The van der Waals surface area contributed by atoms with E-state index in [1.165, 1.54) is 0 Å². The number of rotatable bonds is 5. The molecule has 0 bridgehead atoms. The molecule has 1 aromatic rings. The number of hydrogen-bond donors (Lipinski definition) is 2. The van der Waals surface area contributed by atoms with Crippen LogP contribution in [0.2, 0.25) is 5.02 Å². The van der Waals surface area contributed by atoms with Crippen molar-refractivity contribution in [3.8, 4) is 11.5 Å². The molecule has 142 valence electrons. The zero-order valence-electron chi connectivity index (χ0n) is 13.6. The third-order valence-electron chi connectivity index (χ3n) is 3.12. The maximum Gasteiger partial charge on any atom is 0.390 e. The number of hydrogen-bond acceptors (Lipinski definition) is 3. The Morgan fingerprint density at radius 1 is 1.24 bits per heavy atom. The molecule has 0 amide bonds.